The van der Waals surface area contributed by atoms with Crippen LogP contribution in [0.25, 0.3) is 5.69 Å². The number of carbonyl (C=O) groups is 1. The van der Waals surface area contributed by atoms with Gasteiger partial charge in [0.2, 0.25) is 5.91 Å². The van der Waals surface area contributed by atoms with Crippen LogP contribution >= 0.6 is 11.8 Å². The van der Waals surface area contributed by atoms with Crippen molar-refractivity contribution in [3.05, 3.63) is 36.2 Å². The van der Waals surface area contributed by atoms with Crippen LogP contribution in [0.1, 0.15) is 37.9 Å². The molecular weight excluding hydrogens is 358 g/mol. The molecule has 2 fully saturated rings. The lowest BCUT2D eigenvalue weighted by atomic mass is 10.1. The van der Waals surface area contributed by atoms with E-state index in [1.165, 1.54) is 43.9 Å². The number of para-hydroxylation sites is 1. The van der Waals surface area contributed by atoms with Crippen molar-refractivity contribution in [2.24, 2.45) is 5.92 Å². The molecule has 27 heavy (non-hydrogen) atoms. The maximum absolute atomic E-state index is 12.1. The van der Waals surface area contributed by atoms with Crippen LogP contribution in [-0.4, -0.2) is 51.0 Å². The number of hydrogen-bond acceptors (Lipinski definition) is 5. The van der Waals surface area contributed by atoms with E-state index in [0.717, 1.165) is 42.8 Å². The van der Waals surface area contributed by atoms with Crippen LogP contribution in [0, 0.1) is 5.92 Å². The zero-order valence-electron chi connectivity index (χ0n) is 15.6. The maximum Gasteiger partial charge on any atom is 0.230 e. The van der Waals surface area contributed by atoms with Crippen molar-refractivity contribution in [2.75, 3.05) is 25.4 Å². The second kappa shape index (κ2) is 8.89. The Labute approximate surface area is 164 Å². The van der Waals surface area contributed by atoms with Gasteiger partial charge in [0.15, 0.2) is 11.0 Å². The molecule has 1 aromatic carbocycles. The van der Waals surface area contributed by atoms with Gasteiger partial charge in [0.1, 0.15) is 0 Å². The number of rotatable bonds is 8. The van der Waals surface area contributed by atoms with Crippen LogP contribution in [0.4, 0.5) is 0 Å². The molecule has 1 aliphatic carbocycles. The normalized spacial score (nSPS) is 17.8. The van der Waals surface area contributed by atoms with E-state index in [4.69, 9.17) is 0 Å². The minimum absolute atomic E-state index is 0.0760. The third kappa shape index (κ3) is 5.11. The Hall–Kier alpha value is -1.86. The molecule has 4 rings (SSSR count). The number of hydrogen-bond donors (Lipinski definition) is 1. The smallest absolute Gasteiger partial charge is 0.230 e. The molecule has 1 aliphatic heterocycles. The third-order valence-electron chi connectivity index (χ3n) is 5.15. The largest absolute Gasteiger partial charge is 0.355 e. The molecule has 2 aromatic rings. The minimum atomic E-state index is 0.0760. The lowest BCUT2D eigenvalue weighted by Gasteiger charge is -2.26. The first-order valence-electron chi connectivity index (χ1n) is 9.91. The van der Waals surface area contributed by atoms with Gasteiger partial charge in [-0.2, -0.15) is 0 Å². The summed E-state index contributed by atoms with van der Waals surface area (Å²) in [5.41, 5.74) is 1.05. The zero-order chi connectivity index (χ0) is 18.5. The molecule has 0 unspecified atom stereocenters. The molecule has 144 valence electrons. The van der Waals surface area contributed by atoms with Gasteiger partial charge in [-0.05, 0) is 56.8 Å². The lowest BCUT2D eigenvalue weighted by Crippen LogP contribution is -2.30. The summed E-state index contributed by atoms with van der Waals surface area (Å²) in [6.07, 6.45) is 6.31. The van der Waals surface area contributed by atoms with E-state index in [1.807, 2.05) is 18.2 Å². The van der Waals surface area contributed by atoms with Gasteiger partial charge >= 0.3 is 0 Å². The fourth-order valence-electron chi connectivity index (χ4n) is 3.41. The molecule has 1 saturated carbocycles. The van der Waals surface area contributed by atoms with Crippen LogP contribution in [0.15, 0.2) is 35.5 Å². The predicted molar refractivity (Wildman–Crippen MR) is 107 cm³/mol. The highest BCUT2D eigenvalue weighted by Gasteiger charge is 2.22. The van der Waals surface area contributed by atoms with E-state index in [0.29, 0.717) is 11.7 Å². The van der Waals surface area contributed by atoms with Gasteiger partial charge in [-0.1, -0.05) is 36.4 Å². The molecule has 0 bridgehead atoms. The fraction of sp³-hybridized carbons (Fsp3) is 0.550. The summed E-state index contributed by atoms with van der Waals surface area (Å²) >= 11 is 1.46. The summed E-state index contributed by atoms with van der Waals surface area (Å²) in [5.74, 6) is 2.10. The SMILES string of the molecule is O=C(CSc1nnc(CN2CCCCC2)n1-c1ccccc1)NCC1CC1. The average Bonchev–Trinajstić information content (AvgIpc) is 3.46. The van der Waals surface area contributed by atoms with Crippen LogP contribution < -0.4 is 5.32 Å². The number of likely N-dealkylation sites (tertiary alicyclic amines) is 1. The maximum atomic E-state index is 12.1. The molecule has 1 aromatic heterocycles. The Balaban J connectivity index is 1.47. The van der Waals surface area contributed by atoms with E-state index in [-0.39, 0.29) is 5.91 Å². The van der Waals surface area contributed by atoms with Crippen molar-refractivity contribution in [1.29, 1.82) is 0 Å². The summed E-state index contributed by atoms with van der Waals surface area (Å²) in [5, 5.41) is 12.7. The van der Waals surface area contributed by atoms with Crippen molar-refractivity contribution < 1.29 is 4.79 Å². The first-order valence-corrected chi connectivity index (χ1v) is 10.9. The summed E-state index contributed by atoms with van der Waals surface area (Å²) < 4.78 is 2.10. The topological polar surface area (TPSA) is 63.1 Å². The molecule has 1 amide bonds. The molecule has 0 spiro atoms. The Kier molecular flexibility index (Phi) is 6.09. The van der Waals surface area contributed by atoms with Crippen LogP contribution in [0.3, 0.4) is 0 Å². The number of aromatic nitrogens is 3. The summed E-state index contributed by atoms with van der Waals surface area (Å²) in [4.78, 5) is 14.6. The van der Waals surface area contributed by atoms with Crippen molar-refractivity contribution in [2.45, 2.75) is 43.8 Å². The van der Waals surface area contributed by atoms with Crippen LogP contribution in [0.5, 0.6) is 0 Å². The molecule has 2 aliphatic rings. The van der Waals surface area contributed by atoms with Gasteiger partial charge in [-0.15, -0.1) is 10.2 Å². The highest BCUT2D eigenvalue weighted by Crippen LogP contribution is 2.28. The molecule has 1 N–H and O–H groups in total. The molecule has 0 atom stereocenters. The van der Waals surface area contributed by atoms with Crippen molar-refractivity contribution >= 4 is 17.7 Å². The lowest BCUT2D eigenvalue weighted by molar-refractivity contribution is -0.118. The average molecular weight is 386 g/mol. The van der Waals surface area contributed by atoms with Gasteiger partial charge < -0.3 is 5.32 Å². The highest BCUT2D eigenvalue weighted by atomic mass is 32.2. The van der Waals surface area contributed by atoms with E-state index in [9.17, 15) is 4.79 Å². The Morgan fingerprint density at radius 1 is 1.11 bits per heavy atom. The number of benzene rings is 1. The van der Waals surface area contributed by atoms with Crippen LogP contribution in [0.2, 0.25) is 0 Å². The van der Waals surface area contributed by atoms with Gasteiger partial charge in [0, 0.05) is 12.2 Å². The second-order valence-corrected chi connectivity index (χ2v) is 8.39. The predicted octanol–water partition coefficient (Wildman–Crippen LogP) is 2.87. The first kappa shape index (κ1) is 18.5. The standard InChI is InChI=1S/C20H27N5OS/c26-19(21-13-16-9-10-16)15-27-20-23-22-18(14-24-11-5-2-6-12-24)25(20)17-7-3-1-4-8-17/h1,3-4,7-8,16H,2,5-6,9-15H2,(H,21,26). The van der Waals surface area contributed by atoms with E-state index < -0.39 is 0 Å². The summed E-state index contributed by atoms with van der Waals surface area (Å²) in [6, 6.07) is 10.2. The van der Waals surface area contributed by atoms with Crippen molar-refractivity contribution in [3.8, 4) is 5.69 Å². The fourth-order valence-corrected chi connectivity index (χ4v) is 4.21. The van der Waals surface area contributed by atoms with Gasteiger partial charge in [0.05, 0.1) is 12.3 Å². The molecule has 7 heteroatoms. The summed E-state index contributed by atoms with van der Waals surface area (Å²) in [6.45, 7) is 3.85. The van der Waals surface area contributed by atoms with Crippen molar-refractivity contribution in [3.63, 3.8) is 0 Å². The van der Waals surface area contributed by atoms with Gasteiger partial charge in [-0.25, -0.2) is 0 Å². The first-order chi connectivity index (χ1) is 13.3. The third-order valence-corrected chi connectivity index (χ3v) is 6.07. The minimum Gasteiger partial charge on any atom is -0.355 e. The molecule has 0 radical (unpaired) electrons. The van der Waals surface area contributed by atoms with E-state index in [2.05, 4.69) is 37.1 Å². The molecular formula is C20H27N5OS. The Morgan fingerprint density at radius 2 is 1.89 bits per heavy atom. The Bertz CT molecular complexity index is 753. The van der Waals surface area contributed by atoms with E-state index >= 15 is 0 Å². The summed E-state index contributed by atoms with van der Waals surface area (Å²) in [7, 11) is 0. The molecule has 2 heterocycles. The van der Waals surface area contributed by atoms with E-state index in [1.54, 1.807) is 0 Å². The van der Waals surface area contributed by atoms with Crippen LogP contribution in [-0.2, 0) is 11.3 Å². The number of nitrogens with zero attached hydrogens (tertiary/aromatic N) is 4. The second-order valence-electron chi connectivity index (χ2n) is 7.44. The Morgan fingerprint density at radius 3 is 2.63 bits per heavy atom. The number of piperidine rings is 1. The number of nitrogens with one attached hydrogen (secondary N) is 1. The number of thioether (sulfide) groups is 1. The van der Waals surface area contributed by atoms with Gasteiger partial charge in [0.25, 0.3) is 0 Å². The number of amides is 1. The quantitative estimate of drug-likeness (QED) is 0.708. The zero-order valence-corrected chi connectivity index (χ0v) is 16.5. The van der Waals surface area contributed by atoms with Crippen molar-refractivity contribution in [1.82, 2.24) is 25.0 Å². The monoisotopic (exact) mass is 385 g/mol. The highest BCUT2D eigenvalue weighted by molar-refractivity contribution is 7.99. The molecule has 6 nitrogen and oxygen atoms in total. The number of carbonyl (C=O) groups excluding carboxylic acids is 1. The molecule has 1 saturated heterocycles. The van der Waals surface area contributed by atoms with Gasteiger partial charge in [-0.3, -0.25) is 14.3 Å².